The van der Waals surface area contributed by atoms with Crippen LogP contribution in [-0.2, 0) is 13.3 Å². The topological polar surface area (TPSA) is 0 Å². The molecule has 1 aliphatic rings. The third kappa shape index (κ3) is 3.02. The first-order valence-corrected chi connectivity index (χ1v) is 21.8. The largest absolute Gasteiger partial charge is 1.00 e. The summed E-state index contributed by atoms with van der Waals surface area (Å²) in [7, 11) is 0.209. The number of rotatable bonds is 3. The molecule has 108 valence electrons. The molecule has 0 nitrogen and oxygen atoms in total. The standard InChI is InChI=1S/C5H5.C4H12PSi.4CH3.2ClH.Ti/c1-2-4-5-3-1;1-5(2)6(3)4;;;;;;;/h1-3H,4H2;1-4H3;4*1H3;2*1H;/q;;;;;;;;+2/p-2. The molecule has 18 heavy (non-hydrogen) atoms. The maximum atomic E-state index is 2.69. The van der Waals surface area contributed by atoms with Gasteiger partial charge >= 0.3 is 102 Å². The Balaban J connectivity index is 0. The van der Waals surface area contributed by atoms with Gasteiger partial charge in [-0.15, -0.1) is 0 Å². The van der Waals surface area contributed by atoms with E-state index in [4.69, 9.17) is 0 Å². The third-order valence-corrected chi connectivity index (χ3v) is 71.5. The Labute approximate surface area is 126 Å². The summed E-state index contributed by atoms with van der Waals surface area (Å²) in [5.41, 5.74) is -1.18. The van der Waals surface area contributed by atoms with Crippen molar-refractivity contribution in [3.8, 4) is 0 Å². The van der Waals surface area contributed by atoms with E-state index in [1.807, 2.05) is 3.88 Å². The Hall–Kier alpha value is 1.42. The van der Waals surface area contributed by atoms with E-state index >= 15 is 0 Å². The molecule has 0 atom stereocenters. The molecule has 0 bridgehead atoms. The molecular weight excluding hydrogens is 334 g/mol. The first-order valence-electron chi connectivity index (χ1n) is 6.34. The van der Waals surface area contributed by atoms with Crippen molar-refractivity contribution < 1.29 is 38.1 Å². The molecule has 0 aromatic rings. The molecule has 0 fully saturated rings. The van der Waals surface area contributed by atoms with E-state index in [0.717, 1.165) is 0 Å². The predicted octanol–water partition coefficient (Wildman–Crippen LogP) is -0.301. The summed E-state index contributed by atoms with van der Waals surface area (Å²) >= 11 is -2.94. The summed E-state index contributed by atoms with van der Waals surface area (Å²) in [5.74, 6) is 0. The third-order valence-electron chi connectivity index (χ3n) is 6.09. The van der Waals surface area contributed by atoms with Crippen LogP contribution in [-0.4, -0.2) is 18.9 Å². The minimum atomic E-state index is -2.94. The molecule has 0 amide bonds. The van der Waals surface area contributed by atoms with Crippen LogP contribution in [0.3, 0.4) is 0 Å². The van der Waals surface area contributed by atoms with Crippen molar-refractivity contribution in [1.82, 2.24) is 0 Å². The average Bonchev–Trinajstić information content (AvgIpc) is 2.53. The van der Waals surface area contributed by atoms with Gasteiger partial charge in [0.1, 0.15) is 0 Å². The van der Waals surface area contributed by atoms with Crippen LogP contribution in [0.2, 0.25) is 34.0 Å². The van der Waals surface area contributed by atoms with Crippen molar-refractivity contribution in [2.24, 2.45) is 0 Å². The second-order valence-corrected chi connectivity index (χ2v) is 54.0. The van der Waals surface area contributed by atoms with E-state index in [-0.39, 0.29) is 32.3 Å². The minimum Gasteiger partial charge on any atom is -1.00 e. The first kappa shape index (κ1) is 21.7. The molecule has 0 saturated carbocycles. The number of hydrogen-bond acceptors (Lipinski definition) is 0. The van der Waals surface area contributed by atoms with Crippen LogP contribution < -0.4 is 24.8 Å². The van der Waals surface area contributed by atoms with Crippen LogP contribution in [0.5, 0.6) is 0 Å². The molecule has 5 heteroatoms. The zero-order valence-electron chi connectivity index (χ0n) is 13.1. The fraction of sp³-hybridized carbons (Fsp3) is 0.692. The van der Waals surface area contributed by atoms with E-state index in [2.05, 4.69) is 65.6 Å². The van der Waals surface area contributed by atoms with Gasteiger partial charge in [-0.1, -0.05) is 0 Å². The van der Waals surface area contributed by atoms with Crippen LogP contribution in [0.15, 0.2) is 22.1 Å². The van der Waals surface area contributed by atoms with Gasteiger partial charge in [-0.2, -0.15) is 0 Å². The fourth-order valence-corrected chi connectivity index (χ4v) is 49.0. The molecule has 1 rings (SSSR count). The summed E-state index contributed by atoms with van der Waals surface area (Å²) in [6.07, 6.45) is 8.29. The van der Waals surface area contributed by atoms with E-state index in [0.29, 0.717) is 0 Å². The van der Waals surface area contributed by atoms with Gasteiger partial charge in [0.15, 0.2) is 0 Å². The Morgan fingerprint density at radius 3 is 1.78 bits per heavy atom. The summed E-state index contributed by atoms with van der Waals surface area (Å²) < 4.78 is 1.81. The fourth-order valence-electron chi connectivity index (χ4n) is 2.68. The molecule has 0 aromatic carbocycles. The van der Waals surface area contributed by atoms with Gasteiger partial charge in [0.25, 0.3) is 0 Å². The molecule has 1 aliphatic carbocycles. The second kappa shape index (κ2) is 5.32. The van der Waals surface area contributed by atoms with Crippen molar-refractivity contribution in [3.63, 3.8) is 0 Å². The summed E-state index contributed by atoms with van der Waals surface area (Å²) in [6, 6.07) is 0. The van der Waals surface area contributed by atoms with E-state index in [1.165, 1.54) is 6.42 Å². The second-order valence-electron chi connectivity index (χ2n) is 8.90. The van der Waals surface area contributed by atoms with Gasteiger partial charge in [-0.3, -0.25) is 0 Å². The van der Waals surface area contributed by atoms with Crippen LogP contribution in [0, 0.1) is 0 Å². The van der Waals surface area contributed by atoms with Gasteiger partial charge < -0.3 is 24.8 Å². The van der Waals surface area contributed by atoms with E-state index in [9.17, 15) is 0 Å². The normalized spacial score (nSPS) is 17.5. The molecule has 0 N–H and O–H groups in total. The number of allylic oxidation sites excluding steroid dienone is 4. The predicted molar refractivity (Wildman–Crippen MR) is 81.5 cm³/mol. The van der Waals surface area contributed by atoms with E-state index < -0.39 is 18.9 Å². The Bertz CT molecular complexity index is 376. The summed E-state index contributed by atoms with van der Waals surface area (Å²) in [6.45, 7) is 10.3. The van der Waals surface area contributed by atoms with Gasteiger partial charge in [-0.05, 0) is 0 Å². The van der Waals surface area contributed by atoms with Crippen molar-refractivity contribution in [3.05, 3.63) is 22.1 Å². The SMILES string of the molecule is CP(C)[Si](C)(C)[Ti+2]([CH3])([CH3])([CH3])([CH3])[C]1=CC=CC1.[Cl-].[Cl-]. The molecule has 0 aliphatic heterocycles. The van der Waals surface area contributed by atoms with Gasteiger partial charge in [0, 0.05) is 0 Å². The van der Waals surface area contributed by atoms with Gasteiger partial charge in [0.2, 0.25) is 0 Å². The molecule has 0 radical (unpaired) electrons. The number of halogens is 2. The summed E-state index contributed by atoms with van der Waals surface area (Å²) in [4.78, 5) is 0. The Kier molecular flexibility index (Phi) is 6.42. The quantitative estimate of drug-likeness (QED) is 0.477. The smallest absolute Gasteiger partial charge is 1.00 e. The molecule has 0 unspecified atom stereocenters. The van der Waals surface area contributed by atoms with Crippen LogP contribution in [0.1, 0.15) is 6.42 Å². The Morgan fingerprint density at radius 1 is 1.06 bits per heavy atom. The van der Waals surface area contributed by atoms with Crippen molar-refractivity contribution >= 4 is 13.1 Å². The summed E-state index contributed by atoms with van der Waals surface area (Å²) in [5, 5.41) is 10.8. The van der Waals surface area contributed by atoms with Crippen molar-refractivity contribution in [1.29, 1.82) is 0 Å². The van der Waals surface area contributed by atoms with Gasteiger partial charge in [-0.25, -0.2) is 0 Å². The van der Waals surface area contributed by atoms with E-state index in [1.54, 1.807) is 0 Å². The van der Waals surface area contributed by atoms with Crippen molar-refractivity contribution in [2.45, 2.75) is 40.4 Å². The zero-order valence-corrected chi connectivity index (χ0v) is 18.1. The molecular formula is C13H29Cl2PSiTi. The number of hydrogen-bond donors (Lipinski definition) is 0. The maximum absolute atomic E-state index is 2.94. The molecule has 0 saturated heterocycles. The molecule has 0 aromatic heterocycles. The zero-order chi connectivity index (χ0) is 12.9. The first-order chi connectivity index (χ1) is 6.83. The van der Waals surface area contributed by atoms with Crippen LogP contribution in [0.4, 0.5) is 0 Å². The monoisotopic (exact) mass is 362 g/mol. The van der Waals surface area contributed by atoms with Crippen LogP contribution in [0.25, 0.3) is 0 Å². The van der Waals surface area contributed by atoms with Gasteiger partial charge in [0.05, 0.1) is 0 Å². The van der Waals surface area contributed by atoms with Crippen LogP contribution >= 0.6 is 7.47 Å². The molecule has 0 heterocycles. The molecule has 0 spiro atoms. The average molecular weight is 363 g/mol. The van der Waals surface area contributed by atoms with Crippen molar-refractivity contribution in [2.75, 3.05) is 13.3 Å². The Morgan fingerprint density at radius 2 is 1.50 bits per heavy atom. The maximum Gasteiger partial charge on any atom is -1.00 e. The minimum absolute atomic E-state index is 0.